The number of hydrazine groups is 1. The summed E-state index contributed by atoms with van der Waals surface area (Å²) in [4.78, 5) is 32.2. The molecule has 0 bridgehead atoms. The number of pyridine rings is 1. The zero-order chi connectivity index (χ0) is 18.8. The van der Waals surface area contributed by atoms with E-state index in [0.29, 0.717) is 17.2 Å². The van der Waals surface area contributed by atoms with Gasteiger partial charge in [-0.3, -0.25) is 25.3 Å². The first-order chi connectivity index (χ1) is 13.1. The number of nitrogens with one attached hydrogen (secondary N) is 1. The minimum atomic E-state index is -0.533. The summed E-state index contributed by atoms with van der Waals surface area (Å²) in [7, 11) is 0. The molecule has 0 unspecified atom stereocenters. The molecule has 4 rings (SSSR count). The standard InChI is InChI=1S/C19H13N5O3.ClH/c25-19(14-7-4-8-15(11-14)24(26)27)23-17-9-10-20-12-16(17)21-18(22-23)13-5-2-1-3-6-13;/h1-12H,(H,21,22);1H. The van der Waals surface area contributed by atoms with Crippen LogP contribution in [0.25, 0.3) is 0 Å². The van der Waals surface area contributed by atoms with Gasteiger partial charge in [0.25, 0.3) is 11.6 Å². The number of benzene rings is 2. The predicted molar refractivity (Wildman–Crippen MR) is 107 cm³/mol. The highest BCUT2D eigenvalue weighted by molar-refractivity contribution is 6.14. The van der Waals surface area contributed by atoms with Crippen LogP contribution in [0.4, 0.5) is 17.1 Å². The van der Waals surface area contributed by atoms with Gasteiger partial charge in [0.1, 0.15) is 5.69 Å². The van der Waals surface area contributed by atoms with E-state index in [1.54, 1.807) is 18.5 Å². The number of nitrogens with zero attached hydrogens (tertiary/aromatic N) is 4. The molecule has 28 heavy (non-hydrogen) atoms. The van der Waals surface area contributed by atoms with E-state index in [1.807, 2.05) is 30.3 Å². The van der Waals surface area contributed by atoms with Gasteiger partial charge in [-0.1, -0.05) is 36.4 Å². The van der Waals surface area contributed by atoms with Gasteiger partial charge in [0.2, 0.25) is 0 Å². The van der Waals surface area contributed by atoms with Gasteiger partial charge < -0.3 is 0 Å². The number of amidine groups is 1. The van der Waals surface area contributed by atoms with Crippen molar-refractivity contribution in [1.82, 2.24) is 10.4 Å². The van der Waals surface area contributed by atoms with Crippen molar-refractivity contribution in [3.05, 3.63) is 94.3 Å². The number of fused-ring (bicyclic) bond motifs is 1. The summed E-state index contributed by atoms with van der Waals surface area (Å²) in [5.74, 6) is 0.0457. The van der Waals surface area contributed by atoms with Gasteiger partial charge in [-0.2, -0.15) is 0 Å². The molecule has 1 aromatic heterocycles. The van der Waals surface area contributed by atoms with Crippen molar-refractivity contribution in [1.29, 1.82) is 0 Å². The molecule has 0 spiro atoms. The number of nitro groups is 1. The highest BCUT2D eigenvalue weighted by Gasteiger charge is 2.27. The number of hydrogen-bond acceptors (Lipinski definition) is 6. The fourth-order valence-electron chi connectivity index (χ4n) is 2.73. The second-order valence-electron chi connectivity index (χ2n) is 5.75. The Morgan fingerprint density at radius 2 is 1.86 bits per heavy atom. The maximum atomic E-state index is 13.1. The lowest BCUT2D eigenvalue weighted by molar-refractivity contribution is -0.384. The Kier molecular flexibility index (Phi) is 5.32. The van der Waals surface area contributed by atoms with Crippen molar-refractivity contribution < 1.29 is 9.72 Å². The summed E-state index contributed by atoms with van der Waals surface area (Å²) in [5.41, 5.74) is 4.88. The zero-order valence-corrected chi connectivity index (χ0v) is 15.2. The first-order valence-electron chi connectivity index (χ1n) is 8.07. The van der Waals surface area contributed by atoms with E-state index in [9.17, 15) is 14.9 Å². The third-order valence-corrected chi connectivity index (χ3v) is 4.02. The SMILES string of the molecule is Cl.O=C(c1cccc([N+](=O)[O-])c1)N1NC(c2ccccc2)=Nc2cnccc21. The van der Waals surface area contributed by atoms with E-state index in [4.69, 9.17) is 0 Å². The van der Waals surface area contributed by atoms with E-state index in [-0.39, 0.29) is 23.7 Å². The third kappa shape index (κ3) is 3.53. The van der Waals surface area contributed by atoms with E-state index >= 15 is 0 Å². The van der Waals surface area contributed by atoms with Crippen molar-refractivity contribution in [3.63, 3.8) is 0 Å². The van der Waals surface area contributed by atoms with Crippen LogP contribution in [-0.4, -0.2) is 21.7 Å². The zero-order valence-electron chi connectivity index (χ0n) is 14.4. The number of aromatic nitrogens is 1. The van der Waals surface area contributed by atoms with Gasteiger partial charge in [0.05, 0.1) is 16.8 Å². The first-order valence-corrected chi connectivity index (χ1v) is 8.07. The average Bonchev–Trinajstić information content (AvgIpc) is 2.73. The predicted octanol–water partition coefficient (Wildman–Crippen LogP) is 3.65. The number of nitro benzene ring substituents is 1. The molecule has 8 nitrogen and oxygen atoms in total. The third-order valence-electron chi connectivity index (χ3n) is 4.02. The van der Waals surface area contributed by atoms with Gasteiger partial charge in [-0.05, 0) is 12.1 Å². The lowest BCUT2D eigenvalue weighted by Gasteiger charge is -2.29. The van der Waals surface area contributed by atoms with Crippen LogP contribution in [0.1, 0.15) is 15.9 Å². The second kappa shape index (κ2) is 7.85. The van der Waals surface area contributed by atoms with Crippen LogP contribution in [0.15, 0.2) is 78.0 Å². The van der Waals surface area contributed by atoms with Crippen LogP contribution in [-0.2, 0) is 0 Å². The van der Waals surface area contributed by atoms with Gasteiger partial charge in [0.15, 0.2) is 5.84 Å². The Hall–Kier alpha value is -3.78. The van der Waals surface area contributed by atoms with Crippen molar-refractivity contribution >= 4 is 41.2 Å². The van der Waals surface area contributed by atoms with E-state index < -0.39 is 10.8 Å². The molecular weight excluding hydrogens is 382 g/mol. The molecule has 0 radical (unpaired) electrons. The number of rotatable bonds is 3. The molecular formula is C19H14ClN5O3. The molecule has 0 aliphatic carbocycles. The van der Waals surface area contributed by atoms with E-state index in [1.165, 1.54) is 29.3 Å². The fourth-order valence-corrected chi connectivity index (χ4v) is 2.73. The molecule has 0 saturated carbocycles. The van der Waals surface area contributed by atoms with Crippen molar-refractivity contribution in [3.8, 4) is 0 Å². The summed E-state index contributed by atoms with van der Waals surface area (Å²) in [5, 5.41) is 12.3. The normalized spacial score (nSPS) is 12.1. The molecule has 2 heterocycles. The van der Waals surface area contributed by atoms with Crippen molar-refractivity contribution in [2.75, 3.05) is 5.01 Å². The van der Waals surface area contributed by atoms with Gasteiger partial charge in [-0.15, -0.1) is 12.4 Å². The Morgan fingerprint density at radius 3 is 2.61 bits per heavy atom. The van der Waals surface area contributed by atoms with E-state index in [0.717, 1.165) is 5.56 Å². The lowest BCUT2D eigenvalue weighted by Crippen LogP contribution is -2.48. The fraction of sp³-hybridized carbons (Fsp3) is 0. The van der Waals surface area contributed by atoms with Crippen LogP contribution in [0, 0.1) is 10.1 Å². The number of carbonyl (C=O) groups excluding carboxylic acids is 1. The Bertz CT molecular complexity index is 1070. The minimum absolute atomic E-state index is 0. The molecule has 1 aliphatic heterocycles. The van der Waals surface area contributed by atoms with Crippen LogP contribution in [0.3, 0.4) is 0 Å². The molecule has 0 saturated heterocycles. The summed E-state index contributed by atoms with van der Waals surface area (Å²) in [6.45, 7) is 0. The monoisotopic (exact) mass is 395 g/mol. The van der Waals surface area contributed by atoms with Crippen LogP contribution in [0.2, 0.25) is 0 Å². The van der Waals surface area contributed by atoms with Gasteiger partial charge >= 0.3 is 0 Å². The van der Waals surface area contributed by atoms with Crippen LogP contribution < -0.4 is 10.4 Å². The molecule has 140 valence electrons. The minimum Gasteiger partial charge on any atom is -0.274 e. The number of carbonyl (C=O) groups is 1. The Balaban J connectivity index is 0.00000225. The largest absolute Gasteiger partial charge is 0.277 e. The van der Waals surface area contributed by atoms with Crippen LogP contribution >= 0.6 is 12.4 Å². The molecule has 2 aromatic carbocycles. The quantitative estimate of drug-likeness (QED) is 0.538. The maximum absolute atomic E-state index is 13.1. The summed E-state index contributed by atoms with van der Waals surface area (Å²) in [6.07, 6.45) is 3.12. The average molecular weight is 396 g/mol. The van der Waals surface area contributed by atoms with E-state index in [2.05, 4.69) is 15.4 Å². The summed E-state index contributed by atoms with van der Waals surface area (Å²) < 4.78 is 0. The van der Waals surface area contributed by atoms with Gasteiger partial charge in [-0.25, -0.2) is 10.0 Å². The summed E-state index contributed by atoms with van der Waals surface area (Å²) >= 11 is 0. The van der Waals surface area contributed by atoms with Crippen molar-refractivity contribution in [2.45, 2.75) is 0 Å². The molecule has 0 fully saturated rings. The molecule has 0 atom stereocenters. The highest BCUT2D eigenvalue weighted by Crippen LogP contribution is 2.31. The summed E-state index contributed by atoms with van der Waals surface area (Å²) in [6, 6.07) is 16.6. The molecule has 3 aromatic rings. The lowest BCUT2D eigenvalue weighted by atomic mass is 10.1. The second-order valence-corrected chi connectivity index (χ2v) is 5.75. The number of halogens is 1. The molecule has 1 N–H and O–H groups in total. The first kappa shape index (κ1) is 19.0. The number of amides is 1. The number of aliphatic imine (C=N–C) groups is 1. The highest BCUT2D eigenvalue weighted by atomic mass is 35.5. The molecule has 9 heteroatoms. The molecule has 1 amide bonds. The maximum Gasteiger partial charge on any atom is 0.277 e. The van der Waals surface area contributed by atoms with Gasteiger partial charge in [0, 0.05) is 29.5 Å². The number of anilines is 1. The van der Waals surface area contributed by atoms with Crippen molar-refractivity contribution in [2.24, 2.45) is 4.99 Å². The van der Waals surface area contributed by atoms with Crippen LogP contribution in [0.5, 0.6) is 0 Å². The Labute approximate surface area is 166 Å². The smallest absolute Gasteiger partial charge is 0.274 e. The topological polar surface area (TPSA) is 101 Å². The number of hydrogen-bond donors (Lipinski definition) is 1. The Morgan fingerprint density at radius 1 is 1.07 bits per heavy atom. The molecule has 1 aliphatic rings. The number of non-ortho nitro benzene ring substituents is 1.